The first-order valence-corrected chi connectivity index (χ1v) is 6.22. The maximum absolute atomic E-state index is 10.9. The fourth-order valence-electron chi connectivity index (χ4n) is 1.74. The number of carboxylic acid groups (broad SMARTS) is 1. The lowest BCUT2D eigenvalue weighted by Crippen LogP contribution is -2.06. The van der Waals surface area contributed by atoms with Gasteiger partial charge in [-0.2, -0.15) is 0 Å². The molecule has 0 amide bonds. The average molecular weight is 308 g/mol. The van der Waals surface area contributed by atoms with Gasteiger partial charge in [0, 0.05) is 18.2 Å². The molecule has 0 aliphatic carbocycles. The number of carboxylic acids is 1. The molecule has 2 aromatic rings. The molecule has 0 atom stereocenters. The SMILES string of the molecule is O=C(O)c1cc(Cl)nc(NCc2ccccc2[N+](=O)[O-])c1. The second kappa shape index (κ2) is 6.19. The number of nitrogens with zero attached hydrogens (tertiary/aromatic N) is 2. The fourth-order valence-corrected chi connectivity index (χ4v) is 1.94. The molecule has 0 saturated heterocycles. The zero-order chi connectivity index (χ0) is 15.4. The summed E-state index contributed by atoms with van der Waals surface area (Å²) in [6.45, 7) is 0.129. The Bertz CT molecular complexity index is 706. The van der Waals surface area contributed by atoms with Crippen LogP contribution < -0.4 is 5.32 Å². The van der Waals surface area contributed by atoms with Crippen molar-refractivity contribution >= 4 is 29.1 Å². The maximum atomic E-state index is 10.9. The molecule has 2 rings (SSSR count). The molecule has 1 aromatic heterocycles. The summed E-state index contributed by atoms with van der Waals surface area (Å²) in [7, 11) is 0. The van der Waals surface area contributed by atoms with Crippen LogP contribution in [0.2, 0.25) is 5.15 Å². The van der Waals surface area contributed by atoms with Crippen molar-refractivity contribution in [1.29, 1.82) is 0 Å². The van der Waals surface area contributed by atoms with E-state index in [1.165, 1.54) is 18.2 Å². The van der Waals surface area contributed by atoms with Crippen LogP contribution in [0.3, 0.4) is 0 Å². The Balaban J connectivity index is 2.21. The number of aromatic carboxylic acids is 1. The Hall–Kier alpha value is -2.67. The normalized spacial score (nSPS) is 10.1. The molecule has 0 fully saturated rings. The van der Waals surface area contributed by atoms with Gasteiger partial charge in [-0.1, -0.05) is 29.8 Å². The van der Waals surface area contributed by atoms with Gasteiger partial charge in [-0.25, -0.2) is 9.78 Å². The zero-order valence-electron chi connectivity index (χ0n) is 10.6. The molecular formula is C13H10ClN3O4. The van der Waals surface area contributed by atoms with Gasteiger partial charge in [-0.15, -0.1) is 0 Å². The van der Waals surface area contributed by atoms with Crippen LogP contribution in [0, 0.1) is 10.1 Å². The van der Waals surface area contributed by atoms with Crippen LogP contribution >= 0.6 is 11.6 Å². The summed E-state index contributed by atoms with van der Waals surface area (Å²) in [4.78, 5) is 25.3. The third-order valence-corrected chi connectivity index (χ3v) is 2.88. The molecule has 21 heavy (non-hydrogen) atoms. The van der Waals surface area contributed by atoms with Gasteiger partial charge in [-0.3, -0.25) is 10.1 Å². The van der Waals surface area contributed by atoms with Crippen molar-refractivity contribution in [1.82, 2.24) is 4.98 Å². The van der Waals surface area contributed by atoms with Crippen molar-refractivity contribution in [2.24, 2.45) is 0 Å². The molecule has 7 nitrogen and oxygen atoms in total. The largest absolute Gasteiger partial charge is 0.478 e. The summed E-state index contributed by atoms with van der Waals surface area (Å²) in [5, 5.41) is 22.7. The minimum atomic E-state index is -1.13. The molecule has 108 valence electrons. The minimum absolute atomic E-state index is 0.0138. The van der Waals surface area contributed by atoms with Crippen LogP contribution in [0.25, 0.3) is 0 Å². The quantitative estimate of drug-likeness (QED) is 0.500. The molecule has 8 heteroatoms. The second-order valence-electron chi connectivity index (χ2n) is 4.11. The number of nitro groups is 1. The van der Waals surface area contributed by atoms with Crippen molar-refractivity contribution in [3.05, 3.63) is 62.8 Å². The number of hydrogen-bond acceptors (Lipinski definition) is 5. The number of pyridine rings is 1. The van der Waals surface area contributed by atoms with Gasteiger partial charge in [-0.05, 0) is 12.1 Å². The van der Waals surface area contributed by atoms with Gasteiger partial charge in [0.2, 0.25) is 0 Å². The van der Waals surface area contributed by atoms with E-state index in [0.29, 0.717) is 5.56 Å². The van der Waals surface area contributed by atoms with Gasteiger partial charge >= 0.3 is 5.97 Å². The smallest absolute Gasteiger partial charge is 0.335 e. The highest BCUT2D eigenvalue weighted by atomic mass is 35.5. The standard InChI is InChI=1S/C13H10ClN3O4/c14-11-5-9(13(18)19)6-12(16-11)15-7-8-3-1-2-4-10(8)17(20)21/h1-6H,7H2,(H,15,16)(H,18,19). The first-order valence-electron chi connectivity index (χ1n) is 5.84. The van der Waals surface area contributed by atoms with Crippen molar-refractivity contribution in [3.8, 4) is 0 Å². The monoisotopic (exact) mass is 307 g/mol. The van der Waals surface area contributed by atoms with E-state index in [-0.39, 0.29) is 28.8 Å². The average Bonchev–Trinajstić information content (AvgIpc) is 2.44. The van der Waals surface area contributed by atoms with E-state index in [4.69, 9.17) is 16.7 Å². The van der Waals surface area contributed by atoms with Crippen molar-refractivity contribution in [3.63, 3.8) is 0 Å². The lowest BCUT2D eigenvalue weighted by molar-refractivity contribution is -0.385. The molecular weight excluding hydrogens is 298 g/mol. The number of aromatic nitrogens is 1. The van der Waals surface area contributed by atoms with Gasteiger partial charge in [0.1, 0.15) is 11.0 Å². The van der Waals surface area contributed by atoms with E-state index in [1.807, 2.05) is 0 Å². The van der Waals surface area contributed by atoms with E-state index in [2.05, 4.69) is 10.3 Å². The Labute approximate surface area is 124 Å². The predicted molar refractivity (Wildman–Crippen MR) is 76.6 cm³/mol. The summed E-state index contributed by atoms with van der Waals surface area (Å²) in [5.41, 5.74) is 0.423. The summed E-state index contributed by atoms with van der Waals surface area (Å²) in [5.74, 6) is -0.897. The number of rotatable bonds is 5. The summed E-state index contributed by atoms with van der Waals surface area (Å²) in [6.07, 6.45) is 0. The summed E-state index contributed by atoms with van der Waals surface area (Å²) >= 11 is 5.73. The second-order valence-corrected chi connectivity index (χ2v) is 4.50. The fraction of sp³-hybridized carbons (Fsp3) is 0.0769. The van der Waals surface area contributed by atoms with Crippen molar-refractivity contribution in [2.45, 2.75) is 6.54 Å². The first kappa shape index (κ1) is 14.7. The van der Waals surface area contributed by atoms with E-state index >= 15 is 0 Å². The molecule has 0 bridgehead atoms. The van der Waals surface area contributed by atoms with Crippen molar-refractivity contribution in [2.75, 3.05) is 5.32 Å². The van der Waals surface area contributed by atoms with Gasteiger partial charge < -0.3 is 10.4 Å². The number of nitro benzene ring substituents is 1. The van der Waals surface area contributed by atoms with Crippen molar-refractivity contribution < 1.29 is 14.8 Å². The van der Waals surface area contributed by atoms with E-state index in [1.54, 1.807) is 18.2 Å². The maximum Gasteiger partial charge on any atom is 0.335 e. The summed E-state index contributed by atoms with van der Waals surface area (Å²) < 4.78 is 0. The molecule has 2 N–H and O–H groups in total. The van der Waals surface area contributed by atoms with Crippen LogP contribution in [-0.2, 0) is 6.54 Å². The number of carbonyl (C=O) groups is 1. The van der Waals surface area contributed by atoms with Gasteiger partial charge in [0.25, 0.3) is 5.69 Å². The number of nitrogens with one attached hydrogen (secondary N) is 1. The Kier molecular flexibility index (Phi) is 4.34. The lowest BCUT2D eigenvalue weighted by atomic mass is 10.2. The molecule has 1 heterocycles. The zero-order valence-corrected chi connectivity index (χ0v) is 11.4. The highest BCUT2D eigenvalue weighted by Gasteiger charge is 2.13. The predicted octanol–water partition coefficient (Wildman–Crippen LogP) is 2.95. The number of benzene rings is 1. The topological polar surface area (TPSA) is 105 Å². The minimum Gasteiger partial charge on any atom is -0.478 e. The lowest BCUT2D eigenvalue weighted by Gasteiger charge is -2.07. The van der Waals surface area contributed by atoms with E-state index < -0.39 is 10.9 Å². The van der Waals surface area contributed by atoms with Crippen LogP contribution in [-0.4, -0.2) is 21.0 Å². The van der Waals surface area contributed by atoms with Crippen LogP contribution in [0.15, 0.2) is 36.4 Å². The third kappa shape index (κ3) is 3.67. The Morgan fingerprint density at radius 2 is 2.10 bits per heavy atom. The number of para-hydroxylation sites is 1. The van der Waals surface area contributed by atoms with Gasteiger partial charge in [0.15, 0.2) is 0 Å². The molecule has 0 aliphatic rings. The Morgan fingerprint density at radius 1 is 1.38 bits per heavy atom. The Morgan fingerprint density at radius 3 is 2.76 bits per heavy atom. The van der Waals surface area contributed by atoms with E-state index in [0.717, 1.165) is 0 Å². The first-order chi connectivity index (χ1) is 9.97. The van der Waals surface area contributed by atoms with E-state index in [9.17, 15) is 14.9 Å². The highest BCUT2D eigenvalue weighted by molar-refractivity contribution is 6.29. The highest BCUT2D eigenvalue weighted by Crippen LogP contribution is 2.20. The molecule has 1 aromatic carbocycles. The van der Waals surface area contributed by atoms with Gasteiger partial charge in [0.05, 0.1) is 10.5 Å². The number of hydrogen-bond donors (Lipinski definition) is 2. The number of anilines is 1. The molecule has 0 saturated carbocycles. The molecule has 0 aliphatic heterocycles. The van der Waals surface area contributed by atoms with Crippen LogP contribution in [0.5, 0.6) is 0 Å². The summed E-state index contributed by atoms with van der Waals surface area (Å²) in [6, 6.07) is 8.78. The number of halogens is 1. The molecule has 0 spiro atoms. The van der Waals surface area contributed by atoms with Crippen LogP contribution in [0.1, 0.15) is 15.9 Å². The molecule has 0 radical (unpaired) electrons. The van der Waals surface area contributed by atoms with Crippen LogP contribution in [0.4, 0.5) is 11.5 Å². The third-order valence-electron chi connectivity index (χ3n) is 2.69. The molecule has 0 unspecified atom stereocenters.